The van der Waals surface area contributed by atoms with Crippen LogP contribution in [0.25, 0.3) is 0 Å². The molecule has 0 spiro atoms. The van der Waals surface area contributed by atoms with Crippen LogP contribution in [-0.2, 0) is 9.59 Å². The Hall–Kier alpha value is -1.49. The molecule has 1 atom stereocenters. The lowest BCUT2D eigenvalue weighted by atomic mass is 10.1. The third kappa shape index (κ3) is 3.15. The second kappa shape index (κ2) is 6.31. The van der Waals surface area contributed by atoms with E-state index in [4.69, 9.17) is 0 Å². The highest BCUT2D eigenvalue weighted by molar-refractivity contribution is 7.99. The Labute approximate surface area is 123 Å². The van der Waals surface area contributed by atoms with Crippen molar-refractivity contribution in [3.8, 4) is 0 Å². The summed E-state index contributed by atoms with van der Waals surface area (Å²) in [5.41, 5.74) is 3.13. The summed E-state index contributed by atoms with van der Waals surface area (Å²) in [5, 5.41) is 2.91. The summed E-state index contributed by atoms with van der Waals surface area (Å²) in [6, 6.07) is 5.49. The molecule has 0 saturated carbocycles. The Bertz CT molecular complexity index is 531. The molecule has 1 aliphatic rings. The van der Waals surface area contributed by atoms with Gasteiger partial charge in [-0.1, -0.05) is 13.0 Å². The van der Waals surface area contributed by atoms with Gasteiger partial charge < -0.3 is 10.2 Å². The molecule has 108 valence electrons. The zero-order valence-electron chi connectivity index (χ0n) is 12.1. The topological polar surface area (TPSA) is 49.4 Å². The number of aryl methyl sites for hydroxylation is 2. The van der Waals surface area contributed by atoms with E-state index in [9.17, 15) is 9.59 Å². The summed E-state index contributed by atoms with van der Waals surface area (Å²) in [6.45, 7) is 5.88. The number of hydrogen-bond acceptors (Lipinski definition) is 3. The first kappa shape index (κ1) is 14.9. The van der Waals surface area contributed by atoms with Crippen LogP contribution in [0.15, 0.2) is 18.2 Å². The van der Waals surface area contributed by atoms with E-state index in [1.165, 1.54) is 5.56 Å². The number of anilines is 1. The van der Waals surface area contributed by atoms with Crippen molar-refractivity contribution in [3.63, 3.8) is 0 Å². The van der Waals surface area contributed by atoms with E-state index in [1.807, 2.05) is 39.0 Å². The maximum Gasteiger partial charge on any atom is 0.248 e. The van der Waals surface area contributed by atoms with E-state index in [0.717, 1.165) is 11.3 Å². The van der Waals surface area contributed by atoms with Gasteiger partial charge in [-0.3, -0.25) is 9.59 Å². The third-order valence-corrected chi connectivity index (χ3v) is 4.59. The fourth-order valence-corrected chi connectivity index (χ4v) is 3.33. The van der Waals surface area contributed by atoms with E-state index >= 15 is 0 Å². The molecule has 1 fully saturated rings. The van der Waals surface area contributed by atoms with Gasteiger partial charge in [0.2, 0.25) is 11.8 Å². The minimum Gasteiger partial charge on any atom is -0.324 e. The van der Waals surface area contributed by atoms with Crippen molar-refractivity contribution < 1.29 is 9.59 Å². The van der Waals surface area contributed by atoms with Gasteiger partial charge in [0, 0.05) is 17.9 Å². The molecule has 5 heteroatoms. The number of amides is 2. The highest BCUT2D eigenvalue weighted by atomic mass is 32.2. The molecule has 1 aliphatic heterocycles. The van der Waals surface area contributed by atoms with Crippen molar-refractivity contribution in [2.24, 2.45) is 0 Å². The molecule has 1 N–H and O–H groups in total. The average Bonchev–Trinajstić information content (AvgIpc) is 2.91. The number of carbonyl (C=O) groups is 2. The Kier molecular flexibility index (Phi) is 4.70. The standard InChI is InChI=1S/C15H20N2O2S/c1-4-14(18)17-9-20-8-13(17)15(19)16-12-6-5-10(2)11(3)7-12/h5-7,13H,4,8-9H2,1-3H3,(H,16,19). The second-order valence-corrected chi connectivity index (χ2v) is 6.02. The molecular formula is C15H20N2O2S. The van der Waals surface area contributed by atoms with Crippen LogP contribution >= 0.6 is 11.8 Å². The third-order valence-electron chi connectivity index (χ3n) is 3.58. The Balaban J connectivity index is 2.07. The molecule has 0 aromatic heterocycles. The summed E-state index contributed by atoms with van der Waals surface area (Å²) in [6.07, 6.45) is 0.438. The molecule has 20 heavy (non-hydrogen) atoms. The predicted octanol–water partition coefficient (Wildman–Crippen LogP) is 2.55. The normalized spacial score (nSPS) is 18.1. The summed E-state index contributed by atoms with van der Waals surface area (Å²) >= 11 is 1.62. The first-order chi connectivity index (χ1) is 9.52. The smallest absolute Gasteiger partial charge is 0.248 e. The van der Waals surface area contributed by atoms with Crippen LogP contribution in [0.4, 0.5) is 5.69 Å². The molecule has 2 amide bonds. The molecular weight excluding hydrogens is 272 g/mol. The SMILES string of the molecule is CCC(=O)N1CSCC1C(=O)Nc1ccc(C)c(C)c1. The first-order valence-corrected chi connectivity index (χ1v) is 7.93. The number of rotatable bonds is 3. The molecule has 0 aliphatic carbocycles. The van der Waals surface area contributed by atoms with E-state index < -0.39 is 0 Å². The Morgan fingerprint density at radius 2 is 2.10 bits per heavy atom. The fourth-order valence-electron chi connectivity index (χ4n) is 2.15. The quantitative estimate of drug-likeness (QED) is 0.931. The summed E-state index contributed by atoms with van der Waals surface area (Å²) in [4.78, 5) is 25.8. The minimum absolute atomic E-state index is 0.0373. The van der Waals surface area contributed by atoms with Gasteiger partial charge in [0.25, 0.3) is 0 Å². The van der Waals surface area contributed by atoms with Crippen LogP contribution in [-0.4, -0.2) is 34.4 Å². The minimum atomic E-state index is -0.353. The number of carbonyl (C=O) groups excluding carboxylic acids is 2. The molecule has 1 heterocycles. The molecule has 2 rings (SSSR count). The van der Waals surface area contributed by atoms with Crippen LogP contribution in [0.2, 0.25) is 0 Å². The van der Waals surface area contributed by atoms with Crippen LogP contribution in [0, 0.1) is 13.8 Å². The molecule has 1 aromatic rings. The number of thioether (sulfide) groups is 1. The van der Waals surface area contributed by atoms with E-state index in [1.54, 1.807) is 16.7 Å². The Morgan fingerprint density at radius 1 is 1.35 bits per heavy atom. The lowest BCUT2D eigenvalue weighted by molar-refractivity contribution is -0.135. The number of nitrogens with zero attached hydrogens (tertiary/aromatic N) is 1. The zero-order chi connectivity index (χ0) is 14.7. The van der Waals surface area contributed by atoms with Gasteiger partial charge in [-0.15, -0.1) is 11.8 Å². The highest BCUT2D eigenvalue weighted by Crippen LogP contribution is 2.23. The van der Waals surface area contributed by atoms with Crippen molar-refractivity contribution in [2.45, 2.75) is 33.2 Å². The summed E-state index contributed by atoms with van der Waals surface area (Å²) in [5.74, 6) is 1.22. The van der Waals surface area contributed by atoms with Crippen LogP contribution in [0.3, 0.4) is 0 Å². The zero-order valence-corrected chi connectivity index (χ0v) is 12.9. The lowest BCUT2D eigenvalue weighted by Gasteiger charge is -2.22. The van der Waals surface area contributed by atoms with Crippen LogP contribution < -0.4 is 5.32 Å². The van der Waals surface area contributed by atoms with Gasteiger partial charge in [-0.2, -0.15) is 0 Å². The maximum absolute atomic E-state index is 12.3. The Morgan fingerprint density at radius 3 is 2.75 bits per heavy atom. The maximum atomic E-state index is 12.3. The van der Waals surface area contributed by atoms with Crippen LogP contribution in [0.1, 0.15) is 24.5 Å². The average molecular weight is 292 g/mol. The highest BCUT2D eigenvalue weighted by Gasteiger charge is 2.33. The van der Waals surface area contributed by atoms with Gasteiger partial charge in [0.05, 0.1) is 5.88 Å². The van der Waals surface area contributed by atoms with Crippen molar-refractivity contribution in [1.82, 2.24) is 4.90 Å². The predicted molar refractivity (Wildman–Crippen MR) is 82.8 cm³/mol. The largest absolute Gasteiger partial charge is 0.324 e. The van der Waals surface area contributed by atoms with Crippen molar-refractivity contribution in [1.29, 1.82) is 0 Å². The molecule has 1 aromatic carbocycles. The van der Waals surface area contributed by atoms with Gasteiger partial charge in [0.15, 0.2) is 0 Å². The number of benzene rings is 1. The first-order valence-electron chi connectivity index (χ1n) is 6.78. The van der Waals surface area contributed by atoms with Gasteiger partial charge in [-0.05, 0) is 37.1 Å². The van der Waals surface area contributed by atoms with Crippen LogP contribution in [0.5, 0.6) is 0 Å². The number of hydrogen-bond donors (Lipinski definition) is 1. The van der Waals surface area contributed by atoms with Gasteiger partial charge >= 0.3 is 0 Å². The number of nitrogens with one attached hydrogen (secondary N) is 1. The molecule has 1 unspecified atom stereocenters. The van der Waals surface area contributed by atoms with E-state index in [2.05, 4.69) is 5.32 Å². The summed E-state index contributed by atoms with van der Waals surface area (Å²) < 4.78 is 0. The second-order valence-electron chi connectivity index (χ2n) is 5.02. The molecule has 1 saturated heterocycles. The van der Waals surface area contributed by atoms with Crippen molar-refractivity contribution in [2.75, 3.05) is 16.9 Å². The summed E-state index contributed by atoms with van der Waals surface area (Å²) in [7, 11) is 0. The van der Waals surface area contributed by atoms with Gasteiger partial charge in [-0.25, -0.2) is 0 Å². The monoisotopic (exact) mass is 292 g/mol. The molecule has 0 radical (unpaired) electrons. The molecule has 0 bridgehead atoms. The molecule has 4 nitrogen and oxygen atoms in total. The van der Waals surface area contributed by atoms with E-state index in [0.29, 0.717) is 18.1 Å². The fraction of sp³-hybridized carbons (Fsp3) is 0.467. The van der Waals surface area contributed by atoms with Crippen molar-refractivity contribution >= 4 is 29.3 Å². The lowest BCUT2D eigenvalue weighted by Crippen LogP contribution is -2.44. The van der Waals surface area contributed by atoms with Crippen molar-refractivity contribution in [3.05, 3.63) is 29.3 Å². The van der Waals surface area contributed by atoms with E-state index in [-0.39, 0.29) is 17.9 Å². The van der Waals surface area contributed by atoms with Gasteiger partial charge in [0.1, 0.15) is 6.04 Å².